The van der Waals surface area contributed by atoms with Crippen molar-refractivity contribution in [2.75, 3.05) is 34.5 Å². The molecular weight excluding hydrogens is 526 g/mol. The van der Waals surface area contributed by atoms with Gasteiger partial charge in [0.05, 0.1) is 33.0 Å². The van der Waals surface area contributed by atoms with Gasteiger partial charge in [0.1, 0.15) is 18.1 Å². The Bertz CT molecular complexity index is 1320. The summed E-state index contributed by atoms with van der Waals surface area (Å²) in [5.41, 5.74) is 2.04. The highest BCUT2D eigenvalue weighted by molar-refractivity contribution is 5.90. The lowest BCUT2D eigenvalue weighted by Gasteiger charge is -2.40. The molecule has 41 heavy (non-hydrogen) atoms. The van der Waals surface area contributed by atoms with Crippen molar-refractivity contribution >= 4 is 22.8 Å². The predicted molar refractivity (Wildman–Crippen MR) is 152 cm³/mol. The second-order valence-corrected chi connectivity index (χ2v) is 10.6. The fourth-order valence-corrected chi connectivity index (χ4v) is 5.98. The number of carbonyl (C=O) groups is 2. The summed E-state index contributed by atoms with van der Waals surface area (Å²) in [4.78, 5) is 30.2. The second kappa shape index (κ2) is 13.2. The molecule has 1 saturated carbocycles. The number of ether oxygens (including phenoxy) is 4. The molecule has 2 fully saturated rings. The van der Waals surface area contributed by atoms with Crippen molar-refractivity contribution in [3.63, 3.8) is 0 Å². The zero-order valence-electron chi connectivity index (χ0n) is 24.0. The SMILES string of the molecule is COc1cc([C@H](C(=O)NC[C@H]2CCCO2)N(C(=O)Cn2nnc3ccccc32)C2CCCCC2)cc(OC)c1OC. The molecule has 11 nitrogen and oxygen atoms in total. The molecule has 1 aliphatic heterocycles. The monoisotopic (exact) mass is 565 g/mol. The molecular formula is C30H39N5O6. The minimum atomic E-state index is -0.935. The van der Waals surface area contributed by atoms with Crippen molar-refractivity contribution in [3.05, 3.63) is 42.0 Å². The Hall–Kier alpha value is -3.86. The molecule has 1 N–H and O–H groups in total. The van der Waals surface area contributed by atoms with Crippen LogP contribution < -0.4 is 19.5 Å². The van der Waals surface area contributed by atoms with Crippen LogP contribution in [0.4, 0.5) is 0 Å². The molecule has 1 saturated heterocycles. The topological polar surface area (TPSA) is 117 Å². The van der Waals surface area contributed by atoms with Crippen molar-refractivity contribution in [2.45, 2.75) is 69.7 Å². The van der Waals surface area contributed by atoms with Crippen LogP contribution in [0.5, 0.6) is 17.2 Å². The fraction of sp³-hybridized carbons (Fsp3) is 0.533. The van der Waals surface area contributed by atoms with Crippen LogP contribution >= 0.6 is 0 Å². The van der Waals surface area contributed by atoms with E-state index < -0.39 is 6.04 Å². The molecule has 3 aromatic rings. The van der Waals surface area contributed by atoms with Gasteiger partial charge in [-0.05, 0) is 55.5 Å². The number of benzene rings is 2. The Morgan fingerprint density at radius 3 is 2.41 bits per heavy atom. The van der Waals surface area contributed by atoms with E-state index in [9.17, 15) is 9.59 Å². The predicted octanol–water partition coefficient (Wildman–Crippen LogP) is 3.65. The maximum Gasteiger partial charge on any atom is 0.247 e. The van der Waals surface area contributed by atoms with Crippen molar-refractivity contribution in [1.29, 1.82) is 0 Å². The van der Waals surface area contributed by atoms with Gasteiger partial charge >= 0.3 is 0 Å². The minimum Gasteiger partial charge on any atom is -0.493 e. The van der Waals surface area contributed by atoms with Gasteiger partial charge in [-0.25, -0.2) is 4.68 Å². The number of carbonyl (C=O) groups excluding carboxylic acids is 2. The molecule has 2 amide bonds. The number of methoxy groups -OCH3 is 3. The molecule has 11 heteroatoms. The summed E-state index contributed by atoms with van der Waals surface area (Å²) in [7, 11) is 4.60. The number of rotatable bonds is 11. The summed E-state index contributed by atoms with van der Waals surface area (Å²) in [6, 6.07) is 9.98. The third-order valence-electron chi connectivity index (χ3n) is 8.02. The largest absolute Gasteiger partial charge is 0.493 e. The zero-order chi connectivity index (χ0) is 28.8. The summed E-state index contributed by atoms with van der Waals surface area (Å²) in [6.07, 6.45) is 6.51. The lowest BCUT2D eigenvalue weighted by atomic mass is 9.91. The van der Waals surface area contributed by atoms with Crippen LogP contribution in [-0.4, -0.2) is 78.3 Å². The van der Waals surface area contributed by atoms with Crippen LogP contribution in [0.25, 0.3) is 11.0 Å². The van der Waals surface area contributed by atoms with Gasteiger partial charge in [0.15, 0.2) is 11.5 Å². The molecule has 220 valence electrons. The Labute approximate surface area is 240 Å². The first-order valence-corrected chi connectivity index (χ1v) is 14.3. The van der Waals surface area contributed by atoms with E-state index in [1.54, 1.807) is 21.7 Å². The Morgan fingerprint density at radius 1 is 1.02 bits per heavy atom. The summed E-state index contributed by atoms with van der Waals surface area (Å²) >= 11 is 0. The van der Waals surface area contributed by atoms with Gasteiger partial charge < -0.3 is 29.2 Å². The molecule has 2 aromatic carbocycles. The molecule has 0 radical (unpaired) electrons. The molecule has 1 aromatic heterocycles. The molecule has 5 rings (SSSR count). The van der Waals surface area contributed by atoms with Crippen LogP contribution in [0.1, 0.15) is 56.6 Å². The Morgan fingerprint density at radius 2 is 1.76 bits per heavy atom. The van der Waals surface area contributed by atoms with Crippen LogP contribution in [0.15, 0.2) is 36.4 Å². The molecule has 0 bridgehead atoms. The number of aromatic nitrogens is 3. The van der Waals surface area contributed by atoms with Gasteiger partial charge in [-0.2, -0.15) is 0 Å². The van der Waals surface area contributed by atoms with E-state index in [1.807, 2.05) is 24.3 Å². The Balaban J connectivity index is 1.56. The smallest absolute Gasteiger partial charge is 0.247 e. The van der Waals surface area contributed by atoms with E-state index in [0.717, 1.165) is 50.5 Å². The molecule has 0 spiro atoms. The number of fused-ring (bicyclic) bond motifs is 1. The number of nitrogens with zero attached hydrogens (tertiary/aromatic N) is 4. The standard InChI is InChI=1S/C30H39N5O6/c1-38-25-16-20(17-26(39-2)29(25)40-3)28(30(37)31-18-22-12-9-15-41-22)35(21-10-5-4-6-11-21)27(36)19-34-24-14-8-7-13-23(24)32-33-34/h7-8,13-14,16-17,21-22,28H,4-6,9-12,15,18-19H2,1-3H3,(H,31,37)/t22-,28-/m1/s1. The molecule has 2 atom stereocenters. The van der Waals surface area contributed by atoms with Crippen molar-refractivity contribution in [1.82, 2.24) is 25.2 Å². The first kappa shape index (κ1) is 28.7. The quantitative estimate of drug-likeness (QED) is 0.375. The number of hydrogen-bond donors (Lipinski definition) is 1. The average molecular weight is 566 g/mol. The van der Waals surface area contributed by atoms with E-state index in [0.29, 0.717) is 41.5 Å². The van der Waals surface area contributed by atoms with E-state index in [2.05, 4.69) is 15.6 Å². The average Bonchev–Trinajstić information content (AvgIpc) is 3.68. The van der Waals surface area contributed by atoms with E-state index >= 15 is 0 Å². The summed E-state index contributed by atoms with van der Waals surface area (Å²) < 4.78 is 24.2. The lowest BCUT2D eigenvalue weighted by molar-refractivity contribution is -0.145. The molecule has 2 aliphatic rings. The number of hydrogen-bond acceptors (Lipinski definition) is 8. The third-order valence-corrected chi connectivity index (χ3v) is 8.02. The van der Waals surface area contributed by atoms with Gasteiger partial charge in [-0.15, -0.1) is 5.10 Å². The molecule has 2 heterocycles. The lowest BCUT2D eigenvalue weighted by Crippen LogP contribution is -2.51. The van der Waals surface area contributed by atoms with Crippen molar-refractivity contribution in [3.8, 4) is 17.2 Å². The molecule has 0 unspecified atom stereocenters. The first-order valence-electron chi connectivity index (χ1n) is 14.3. The normalized spacial score (nSPS) is 18.2. The van der Waals surface area contributed by atoms with Crippen LogP contribution in [-0.2, 0) is 20.9 Å². The highest BCUT2D eigenvalue weighted by Gasteiger charge is 2.38. The van der Waals surface area contributed by atoms with E-state index in [1.165, 1.54) is 21.3 Å². The second-order valence-electron chi connectivity index (χ2n) is 10.6. The highest BCUT2D eigenvalue weighted by atomic mass is 16.5. The fourth-order valence-electron chi connectivity index (χ4n) is 5.98. The number of amides is 2. The van der Waals surface area contributed by atoms with Gasteiger partial charge in [-0.3, -0.25) is 9.59 Å². The van der Waals surface area contributed by atoms with Gasteiger partial charge in [0, 0.05) is 19.2 Å². The van der Waals surface area contributed by atoms with Gasteiger partial charge in [0.2, 0.25) is 17.6 Å². The first-order chi connectivity index (χ1) is 20.0. The van der Waals surface area contributed by atoms with Crippen LogP contribution in [0.2, 0.25) is 0 Å². The number of nitrogens with one attached hydrogen (secondary N) is 1. The highest BCUT2D eigenvalue weighted by Crippen LogP contribution is 2.42. The van der Waals surface area contributed by atoms with Crippen molar-refractivity contribution < 1.29 is 28.5 Å². The maximum atomic E-state index is 14.3. The zero-order valence-corrected chi connectivity index (χ0v) is 24.0. The van der Waals surface area contributed by atoms with Gasteiger partial charge in [-0.1, -0.05) is 36.6 Å². The maximum absolute atomic E-state index is 14.3. The Kier molecular flexibility index (Phi) is 9.23. The van der Waals surface area contributed by atoms with Gasteiger partial charge in [0.25, 0.3) is 0 Å². The summed E-state index contributed by atoms with van der Waals surface area (Å²) in [5.74, 6) is 0.756. The van der Waals surface area contributed by atoms with Crippen LogP contribution in [0.3, 0.4) is 0 Å². The van der Waals surface area contributed by atoms with E-state index in [-0.39, 0.29) is 30.5 Å². The third kappa shape index (κ3) is 6.24. The number of para-hydroxylation sites is 1. The van der Waals surface area contributed by atoms with Crippen LogP contribution in [0, 0.1) is 0 Å². The summed E-state index contributed by atoms with van der Waals surface area (Å²) in [5, 5.41) is 11.6. The summed E-state index contributed by atoms with van der Waals surface area (Å²) in [6.45, 7) is 1.02. The minimum absolute atomic E-state index is 0.0418. The van der Waals surface area contributed by atoms with E-state index in [4.69, 9.17) is 18.9 Å². The molecule has 1 aliphatic carbocycles. The van der Waals surface area contributed by atoms with Crippen molar-refractivity contribution in [2.24, 2.45) is 0 Å².